The Hall–Kier alpha value is -0.570. The van der Waals surface area contributed by atoms with Gasteiger partial charge in [0.2, 0.25) is 0 Å². The second-order valence-electron chi connectivity index (χ2n) is 6.15. The molecule has 0 aromatic carbocycles. The molecule has 0 aromatic heterocycles. The van der Waals surface area contributed by atoms with Gasteiger partial charge in [0.1, 0.15) is 6.10 Å². The van der Waals surface area contributed by atoms with E-state index in [9.17, 15) is 4.79 Å². The molecule has 1 aliphatic carbocycles. The van der Waals surface area contributed by atoms with Crippen molar-refractivity contribution in [2.45, 2.75) is 46.1 Å². The van der Waals surface area contributed by atoms with E-state index in [2.05, 4.69) is 19.0 Å². The number of nitrogens with zero attached hydrogens (tertiary/aromatic N) is 1. The first kappa shape index (κ1) is 13.5. The van der Waals surface area contributed by atoms with Crippen LogP contribution in [0.4, 0.5) is 0 Å². The number of rotatable bonds is 3. The summed E-state index contributed by atoms with van der Waals surface area (Å²) in [6.45, 7) is 6.74. The molecule has 16 heavy (non-hydrogen) atoms. The Bertz CT molecular complexity index is 243. The van der Waals surface area contributed by atoms with Crippen LogP contribution in [0.1, 0.15) is 40.0 Å². The van der Waals surface area contributed by atoms with E-state index in [1.54, 1.807) is 0 Å². The molecule has 0 heterocycles. The van der Waals surface area contributed by atoms with E-state index >= 15 is 0 Å². The van der Waals surface area contributed by atoms with Gasteiger partial charge in [0, 0.05) is 12.5 Å². The fraction of sp³-hybridized carbons (Fsp3) is 0.923. The molecule has 0 amide bonds. The second kappa shape index (κ2) is 5.17. The Morgan fingerprint density at radius 1 is 1.31 bits per heavy atom. The Balaban J connectivity index is 2.50. The minimum atomic E-state index is -0.384. The first-order valence-electron chi connectivity index (χ1n) is 6.16. The SMILES string of the molecule is CN(C)C[C@@H]1CCC[C@H]1OC(=O)C(C)(C)C. The molecule has 2 atom stereocenters. The van der Waals surface area contributed by atoms with Crippen molar-refractivity contribution in [1.82, 2.24) is 4.90 Å². The first-order valence-corrected chi connectivity index (χ1v) is 6.16. The first-order chi connectivity index (χ1) is 7.30. The van der Waals surface area contributed by atoms with Crippen LogP contribution in [0.3, 0.4) is 0 Å². The third kappa shape index (κ3) is 3.78. The fourth-order valence-electron chi connectivity index (χ4n) is 2.15. The van der Waals surface area contributed by atoms with Crippen molar-refractivity contribution in [3.8, 4) is 0 Å². The average Bonchev–Trinajstić information content (AvgIpc) is 2.50. The minimum absolute atomic E-state index is 0.0665. The van der Waals surface area contributed by atoms with Crippen molar-refractivity contribution in [3.05, 3.63) is 0 Å². The predicted molar refractivity (Wildman–Crippen MR) is 65.2 cm³/mol. The molecule has 0 bridgehead atoms. The van der Waals surface area contributed by atoms with Crippen LogP contribution in [0.15, 0.2) is 0 Å². The zero-order valence-electron chi connectivity index (χ0n) is 11.2. The van der Waals surface area contributed by atoms with Crippen molar-refractivity contribution in [1.29, 1.82) is 0 Å². The lowest BCUT2D eigenvalue weighted by molar-refractivity contribution is -0.160. The van der Waals surface area contributed by atoms with Gasteiger partial charge in [-0.3, -0.25) is 4.79 Å². The maximum atomic E-state index is 11.8. The van der Waals surface area contributed by atoms with Gasteiger partial charge in [-0.05, 0) is 54.1 Å². The molecule has 0 aliphatic heterocycles. The number of carbonyl (C=O) groups is 1. The van der Waals surface area contributed by atoms with Gasteiger partial charge in [0.25, 0.3) is 0 Å². The Labute approximate surface area is 99.1 Å². The van der Waals surface area contributed by atoms with E-state index in [4.69, 9.17) is 4.74 Å². The van der Waals surface area contributed by atoms with Crippen LogP contribution in [-0.4, -0.2) is 37.6 Å². The molecule has 0 saturated heterocycles. The van der Waals surface area contributed by atoms with Gasteiger partial charge >= 0.3 is 5.97 Å². The molecule has 0 N–H and O–H groups in total. The maximum Gasteiger partial charge on any atom is 0.311 e. The summed E-state index contributed by atoms with van der Waals surface area (Å²) in [6.07, 6.45) is 3.52. The molecule has 1 rings (SSSR count). The van der Waals surface area contributed by atoms with Crippen LogP contribution >= 0.6 is 0 Å². The molecule has 0 unspecified atom stereocenters. The van der Waals surface area contributed by atoms with E-state index in [1.165, 1.54) is 12.8 Å². The normalized spacial score (nSPS) is 26.1. The lowest BCUT2D eigenvalue weighted by atomic mass is 9.97. The third-order valence-electron chi connectivity index (χ3n) is 3.06. The molecule has 1 aliphatic rings. The smallest absolute Gasteiger partial charge is 0.311 e. The lowest BCUT2D eigenvalue weighted by Gasteiger charge is -2.26. The van der Waals surface area contributed by atoms with Crippen LogP contribution in [0.25, 0.3) is 0 Å². The third-order valence-corrected chi connectivity index (χ3v) is 3.06. The van der Waals surface area contributed by atoms with Crippen LogP contribution < -0.4 is 0 Å². The maximum absolute atomic E-state index is 11.8. The summed E-state index contributed by atoms with van der Waals surface area (Å²) in [5.74, 6) is 0.449. The summed E-state index contributed by atoms with van der Waals surface area (Å²) in [7, 11) is 4.14. The van der Waals surface area contributed by atoms with Gasteiger partial charge in [-0.1, -0.05) is 0 Å². The van der Waals surface area contributed by atoms with Crippen molar-refractivity contribution >= 4 is 5.97 Å². The van der Waals surface area contributed by atoms with E-state index in [0.29, 0.717) is 5.92 Å². The molecule has 1 fully saturated rings. The van der Waals surface area contributed by atoms with Crippen molar-refractivity contribution in [3.63, 3.8) is 0 Å². The number of ether oxygens (including phenoxy) is 1. The van der Waals surface area contributed by atoms with Gasteiger partial charge < -0.3 is 9.64 Å². The Morgan fingerprint density at radius 2 is 1.94 bits per heavy atom. The van der Waals surface area contributed by atoms with Crippen molar-refractivity contribution in [2.75, 3.05) is 20.6 Å². The van der Waals surface area contributed by atoms with Gasteiger partial charge in [-0.15, -0.1) is 0 Å². The van der Waals surface area contributed by atoms with Gasteiger partial charge in [0.15, 0.2) is 0 Å². The van der Waals surface area contributed by atoms with E-state index < -0.39 is 0 Å². The van der Waals surface area contributed by atoms with E-state index in [1.807, 2.05) is 20.8 Å². The summed E-state index contributed by atoms with van der Waals surface area (Å²) in [5.41, 5.74) is -0.384. The molecular formula is C13H25NO2. The summed E-state index contributed by atoms with van der Waals surface area (Å²) < 4.78 is 5.62. The number of carbonyl (C=O) groups excluding carboxylic acids is 1. The van der Waals surface area contributed by atoms with Crippen molar-refractivity contribution < 1.29 is 9.53 Å². The van der Waals surface area contributed by atoms with Crippen LogP contribution in [0.2, 0.25) is 0 Å². The highest BCUT2D eigenvalue weighted by Crippen LogP contribution is 2.30. The van der Waals surface area contributed by atoms with Gasteiger partial charge in [-0.2, -0.15) is 0 Å². The Morgan fingerprint density at radius 3 is 2.44 bits per heavy atom. The standard InChI is InChI=1S/C13H25NO2/c1-13(2,3)12(15)16-11-8-6-7-10(11)9-14(4)5/h10-11H,6-9H2,1-5H3/t10-,11+/m0/s1. The molecule has 0 radical (unpaired) electrons. The van der Waals surface area contributed by atoms with Crippen LogP contribution in [0, 0.1) is 11.3 Å². The average molecular weight is 227 g/mol. The van der Waals surface area contributed by atoms with Gasteiger partial charge in [-0.25, -0.2) is 0 Å². The second-order valence-corrected chi connectivity index (χ2v) is 6.15. The molecule has 3 heteroatoms. The summed E-state index contributed by atoms with van der Waals surface area (Å²) in [6, 6.07) is 0. The number of hydrogen-bond donors (Lipinski definition) is 0. The quantitative estimate of drug-likeness (QED) is 0.693. The van der Waals surface area contributed by atoms with Gasteiger partial charge in [0.05, 0.1) is 5.41 Å². The van der Waals surface area contributed by atoms with Crippen LogP contribution in [0.5, 0.6) is 0 Å². The summed E-state index contributed by atoms with van der Waals surface area (Å²) in [4.78, 5) is 14.0. The summed E-state index contributed by atoms with van der Waals surface area (Å²) in [5, 5.41) is 0. The van der Waals surface area contributed by atoms with E-state index in [0.717, 1.165) is 13.0 Å². The topological polar surface area (TPSA) is 29.5 Å². The number of esters is 1. The highest BCUT2D eigenvalue weighted by Gasteiger charge is 2.33. The lowest BCUT2D eigenvalue weighted by Crippen LogP contribution is -2.34. The minimum Gasteiger partial charge on any atom is -0.462 e. The highest BCUT2D eigenvalue weighted by molar-refractivity contribution is 5.75. The molecule has 94 valence electrons. The van der Waals surface area contributed by atoms with Crippen LogP contribution in [-0.2, 0) is 9.53 Å². The van der Waals surface area contributed by atoms with E-state index in [-0.39, 0.29) is 17.5 Å². The molecule has 3 nitrogen and oxygen atoms in total. The van der Waals surface area contributed by atoms with Crippen molar-refractivity contribution in [2.24, 2.45) is 11.3 Å². The fourth-order valence-corrected chi connectivity index (χ4v) is 2.15. The monoisotopic (exact) mass is 227 g/mol. The molecule has 0 aromatic rings. The molecule has 1 saturated carbocycles. The predicted octanol–water partition coefficient (Wildman–Crippen LogP) is 2.31. The largest absolute Gasteiger partial charge is 0.462 e. The zero-order chi connectivity index (χ0) is 12.3. The highest BCUT2D eigenvalue weighted by atomic mass is 16.5. The molecule has 0 spiro atoms. The summed E-state index contributed by atoms with van der Waals surface area (Å²) >= 11 is 0. The Kier molecular flexibility index (Phi) is 4.36. The molecular weight excluding hydrogens is 202 g/mol. The zero-order valence-corrected chi connectivity index (χ0v) is 11.2. The number of hydrogen-bond acceptors (Lipinski definition) is 3.